The van der Waals surface area contributed by atoms with Crippen LogP contribution in [0, 0.1) is 0 Å². The number of aliphatic carboxylic acids is 1. The highest BCUT2D eigenvalue weighted by Gasteiger charge is 2.18. The van der Waals surface area contributed by atoms with E-state index in [4.69, 9.17) is 14.2 Å². The first-order valence-electron chi connectivity index (χ1n) is 11.7. The number of hydrogen-bond acceptors (Lipinski definition) is 5. The number of carbonyl (C=O) groups excluding carboxylic acids is 1. The van der Waals surface area contributed by atoms with Gasteiger partial charge in [-0.2, -0.15) is 0 Å². The van der Waals surface area contributed by atoms with Gasteiger partial charge in [0.1, 0.15) is 12.4 Å². The first-order valence-corrected chi connectivity index (χ1v) is 11.7. The fraction of sp³-hybridized carbons (Fsp3) is 0.667. The predicted molar refractivity (Wildman–Crippen MR) is 124 cm³/mol. The topological polar surface area (TPSA) is 97.3 Å². The molecule has 1 unspecified atom stereocenters. The second-order valence-electron chi connectivity index (χ2n) is 7.52. The van der Waals surface area contributed by atoms with Gasteiger partial charge in [0.2, 0.25) is 0 Å². The minimum Gasteiger partial charge on any atom is -0.492 e. The molecular weight excluding hydrogens is 412 g/mol. The smallest absolute Gasteiger partial charge is 0.333 e. The third-order valence-electron chi connectivity index (χ3n) is 4.83. The van der Waals surface area contributed by atoms with Crippen LogP contribution in [0.3, 0.4) is 0 Å². The van der Waals surface area contributed by atoms with E-state index in [0.717, 1.165) is 31.2 Å². The van der Waals surface area contributed by atoms with Gasteiger partial charge >= 0.3 is 12.0 Å². The number of nitrogens with one attached hydrogen (secondary N) is 1. The van der Waals surface area contributed by atoms with Crippen molar-refractivity contribution in [1.29, 1.82) is 0 Å². The number of ether oxygens (including phenoxy) is 3. The molecule has 1 atom stereocenters. The summed E-state index contributed by atoms with van der Waals surface area (Å²) in [6.07, 6.45) is 3.66. The molecule has 0 bridgehead atoms. The van der Waals surface area contributed by atoms with Crippen molar-refractivity contribution in [3.63, 3.8) is 0 Å². The zero-order valence-corrected chi connectivity index (χ0v) is 19.8. The number of rotatable bonds is 18. The Morgan fingerprint density at radius 2 is 1.72 bits per heavy atom. The van der Waals surface area contributed by atoms with Crippen molar-refractivity contribution >= 4 is 12.0 Å². The molecule has 0 heterocycles. The molecule has 2 N–H and O–H groups in total. The van der Waals surface area contributed by atoms with Crippen LogP contribution in [0.5, 0.6) is 5.75 Å². The molecule has 182 valence electrons. The molecule has 0 aliphatic heterocycles. The monoisotopic (exact) mass is 452 g/mol. The Labute approximate surface area is 192 Å². The zero-order chi connectivity index (χ0) is 23.6. The third kappa shape index (κ3) is 11.9. The molecule has 1 aromatic rings. The van der Waals surface area contributed by atoms with Crippen LogP contribution in [0.15, 0.2) is 24.3 Å². The molecule has 32 heavy (non-hydrogen) atoms. The van der Waals surface area contributed by atoms with Crippen molar-refractivity contribution < 1.29 is 28.9 Å². The Kier molecular flexibility index (Phi) is 14.9. The molecule has 1 aromatic carbocycles. The van der Waals surface area contributed by atoms with E-state index in [0.29, 0.717) is 58.2 Å². The predicted octanol–water partition coefficient (Wildman–Crippen LogP) is 3.73. The van der Waals surface area contributed by atoms with Gasteiger partial charge in [0.05, 0.1) is 13.2 Å². The molecule has 8 heteroatoms. The lowest BCUT2D eigenvalue weighted by molar-refractivity contribution is -0.149. The highest BCUT2D eigenvalue weighted by Crippen LogP contribution is 2.14. The van der Waals surface area contributed by atoms with E-state index in [2.05, 4.69) is 12.2 Å². The summed E-state index contributed by atoms with van der Waals surface area (Å²) in [5.41, 5.74) is 0.860. The maximum atomic E-state index is 12.4. The molecule has 0 saturated carbocycles. The third-order valence-corrected chi connectivity index (χ3v) is 4.83. The average molecular weight is 453 g/mol. The molecule has 0 spiro atoms. The molecule has 0 aliphatic rings. The number of amides is 2. The van der Waals surface area contributed by atoms with Gasteiger partial charge in [-0.15, -0.1) is 0 Å². The number of nitrogens with zero attached hydrogens (tertiary/aromatic N) is 1. The van der Waals surface area contributed by atoms with Gasteiger partial charge in [-0.05, 0) is 37.5 Å². The Hall–Kier alpha value is -2.32. The molecule has 0 aromatic heterocycles. The van der Waals surface area contributed by atoms with E-state index in [1.807, 2.05) is 19.1 Å². The second-order valence-corrected chi connectivity index (χ2v) is 7.52. The molecule has 0 aliphatic carbocycles. The molecule has 0 saturated heterocycles. The molecule has 2 amide bonds. The van der Waals surface area contributed by atoms with E-state index in [-0.39, 0.29) is 6.03 Å². The summed E-state index contributed by atoms with van der Waals surface area (Å²) in [5.74, 6) is -0.301. The van der Waals surface area contributed by atoms with Crippen LogP contribution in [0.4, 0.5) is 4.79 Å². The SMILES string of the molecule is CCCCCOCCN(CCOc1ccc(CC(OCC)C(=O)O)cc1)C(=O)NCCC. The molecule has 0 fully saturated rings. The number of unbranched alkanes of at least 4 members (excludes halogenated alkanes) is 2. The Morgan fingerprint density at radius 3 is 2.34 bits per heavy atom. The lowest BCUT2D eigenvalue weighted by Crippen LogP contribution is -2.44. The van der Waals surface area contributed by atoms with Crippen molar-refractivity contribution in [2.45, 2.75) is 59.0 Å². The number of carbonyl (C=O) groups is 2. The standard InChI is InChI=1S/C24H40N2O6/c1-4-7-8-16-30-17-14-26(24(29)25-13-5-2)15-18-32-21-11-9-20(10-12-21)19-22(23(27)28)31-6-3/h9-12,22H,4-8,13-19H2,1-3H3,(H,25,29)(H,27,28). The maximum absolute atomic E-state index is 12.4. The molecule has 8 nitrogen and oxygen atoms in total. The van der Waals surface area contributed by atoms with Crippen molar-refractivity contribution in [3.8, 4) is 5.75 Å². The van der Waals surface area contributed by atoms with E-state index < -0.39 is 12.1 Å². The van der Waals surface area contributed by atoms with Crippen LogP contribution in [0.1, 0.15) is 52.0 Å². The maximum Gasteiger partial charge on any atom is 0.333 e. The summed E-state index contributed by atoms with van der Waals surface area (Å²) >= 11 is 0. The van der Waals surface area contributed by atoms with Crippen molar-refractivity contribution in [2.75, 3.05) is 46.1 Å². The Morgan fingerprint density at radius 1 is 1.00 bits per heavy atom. The Balaban J connectivity index is 2.49. The van der Waals surface area contributed by atoms with Gasteiger partial charge in [-0.1, -0.05) is 38.8 Å². The van der Waals surface area contributed by atoms with Gasteiger partial charge in [-0.25, -0.2) is 9.59 Å². The van der Waals surface area contributed by atoms with E-state index >= 15 is 0 Å². The van der Waals surface area contributed by atoms with Crippen LogP contribution in [-0.2, 0) is 20.7 Å². The lowest BCUT2D eigenvalue weighted by Gasteiger charge is -2.23. The number of carboxylic acid groups (broad SMARTS) is 1. The van der Waals surface area contributed by atoms with E-state index in [1.54, 1.807) is 24.0 Å². The van der Waals surface area contributed by atoms with Gasteiger partial charge in [0.15, 0.2) is 6.10 Å². The van der Waals surface area contributed by atoms with E-state index in [1.165, 1.54) is 0 Å². The van der Waals surface area contributed by atoms with Crippen LogP contribution in [0.2, 0.25) is 0 Å². The fourth-order valence-corrected chi connectivity index (χ4v) is 3.02. The highest BCUT2D eigenvalue weighted by atomic mass is 16.5. The summed E-state index contributed by atoms with van der Waals surface area (Å²) in [6.45, 7) is 9.46. The summed E-state index contributed by atoms with van der Waals surface area (Å²) in [4.78, 5) is 25.4. The van der Waals surface area contributed by atoms with Gasteiger partial charge in [0.25, 0.3) is 0 Å². The second kappa shape index (κ2) is 17.3. The number of urea groups is 1. The normalized spacial score (nSPS) is 11.7. The molecule has 0 radical (unpaired) electrons. The van der Waals surface area contributed by atoms with Crippen molar-refractivity contribution in [1.82, 2.24) is 10.2 Å². The molecule has 1 rings (SSSR count). The number of carboxylic acids is 1. The summed E-state index contributed by atoms with van der Waals surface area (Å²) in [6, 6.07) is 7.16. The quantitative estimate of drug-likeness (QED) is 0.330. The van der Waals surface area contributed by atoms with Gasteiger partial charge in [-0.3, -0.25) is 0 Å². The van der Waals surface area contributed by atoms with Gasteiger partial charge in [0, 0.05) is 32.7 Å². The highest BCUT2D eigenvalue weighted by molar-refractivity contribution is 5.74. The molecular formula is C24H40N2O6. The zero-order valence-electron chi connectivity index (χ0n) is 19.8. The minimum absolute atomic E-state index is 0.112. The summed E-state index contributed by atoms with van der Waals surface area (Å²) in [7, 11) is 0. The first-order chi connectivity index (χ1) is 15.5. The largest absolute Gasteiger partial charge is 0.492 e. The Bertz CT molecular complexity index is 638. The van der Waals surface area contributed by atoms with Crippen molar-refractivity contribution in [3.05, 3.63) is 29.8 Å². The summed E-state index contributed by atoms with van der Waals surface area (Å²) < 4.78 is 16.7. The fourth-order valence-electron chi connectivity index (χ4n) is 3.02. The van der Waals surface area contributed by atoms with Crippen LogP contribution in [-0.4, -0.2) is 74.2 Å². The van der Waals surface area contributed by atoms with Crippen LogP contribution in [0.25, 0.3) is 0 Å². The number of hydrogen-bond donors (Lipinski definition) is 2. The number of benzene rings is 1. The first kappa shape index (κ1) is 27.7. The average Bonchev–Trinajstić information content (AvgIpc) is 2.79. The van der Waals surface area contributed by atoms with Gasteiger partial charge < -0.3 is 29.5 Å². The van der Waals surface area contributed by atoms with Crippen LogP contribution >= 0.6 is 0 Å². The van der Waals surface area contributed by atoms with Crippen LogP contribution < -0.4 is 10.1 Å². The minimum atomic E-state index is -0.969. The summed E-state index contributed by atoms with van der Waals surface area (Å²) in [5, 5.41) is 12.1. The van der Waals surface area contributed by atoms with Crippen molar-refractivity contribution in [2.24, 2.45) is 0 Å². The van der Waals surface area contributed by atoms with E-state index in [9.17, 15) is 14.7 Å². The lowest BCUT2D eigenvalue weighted by atomic mass is 10.1.